The van der Waals surface area contributed by atoms with E-state index in [4.69, 9.17) is 4.42 Å². The molecule has 0 unspecified atom stereocenters. The van der Waals surface area contributed by atoms with Crippen LogP contribution in [0.3, 0.4) is 0 Å². The van der Waals surface area contributed by atoms with Crippen molar-refractivity contribution < 1.29 is 9.21 Å². The summed E-state index contributed by atoms with van der Waals surface area (Å²) >= 11 is 0. The third kappa shape index (κ3) is 1.83. The summed E-state index contributed by atoms with van der Waals surface area (Å²) in [4.78, 5) is 11.8. The van der Waals surface area contributed by atoms with Gasteiger partial charge in [0.1, 0.15) is 6.26 Å². The lowest BCUT2D eigenvalue weighted by Gasteiger charge is -2.10. The predicted molar refractivity (Wildman–Crippen MR) is 42.0 cm³/mol. The Kier molecular flexibility index (Phi) is 2.72. The predicted octanol–water partition coefficient (Wildman–Crippen LogP) is 1.56. The summed E-state index contributed by atoms with van der Waals surface area (Å²) < 4.78 is 4.82. The quantitative estimate of drug-likeness (QED) is 0.613. The van der Waals surface area contributed by atoms with E-state index in [1.54, 1.807) is 6.07 Å². The van der Waals surface area contributed by atoms with Crippen molar-refractivity contribution in [2.24, 2.45) is 0 Å². The molecule has 1 radical (unpaired) electrons. The maximum atomic E-state index is 10.4. The van der Waals surface area contributed by atoms with Crippen LogP contribution in [-0.2, 0) is 4.79 Å². The van der Waals surface area contributed by atoms with Gasteiger partial charge in [0.05, 0.1) is 12.0 Å². The average molecular weight is 152 g/mol. The summed E-state index contributed by atoms with van der Waals surface area (Å²) in [6.07, 6.45) is 5.81. The van der Waals surface area contributed by atoms with Gasteiger partial charge in [0.2, 0.25) is 0 Å². The van der Waals surface area contributed by atoms with E-state index < -0.39 is 0 Å². The number of amides is 1. The van der Waals surface area contributed by atoms with Crippen LogP contribution in [0.2, 0.25) is 0 Å². The van der Waals surface area contributed by atoms with Gasteiger partial charge in [0.15, 0.2) is 0 Å². The van der Waals surface area contributed by atoms with Gasteiger partial charge < -0.3 is 9.32 Å². The second-order valence-electron chi connectivity index (χ2n) is 2.22. The van der Waals surface area contributed by atoms with Crippen LogP contribution in [0.5, 0.6) is 0 Å². The molecule has 0 bridgehead atoms. The molecule has 0 aliphatic rings. The Morgan fingerprint density at radius 3 is 3.00 bits per heavy atom. The highest BCUT2D eigenvalue weighted by Crippen LogP contribution is 2.12. The number of carbonyl (C=O) groups excluding carboxylic acids is 1. The van der Waals surface area contributed by atoms with Crippen molar-refractivity contribution >= 4 is 12.1 Å². The summed E-state index contributed by atoms with van der Waals surface area (Å²) in [5.41, 5.74) is 0.766. The molecule has 1 rings (SSSR count). The number of furan rings is 1. The molecule has 0 atom stereocenters. The monoisotopic (exact) mass is 152 g/mol. The highest BCUT2D eigenvalue weighted by Gasteiger charge is 2.04. The molecular formula is C8H10NO2. The van der Waals surface area contributed by atoms with Crippen LogP contribution < -0.4 is 4.90 Å². The van der Waals surface area contributed by atoms with Crippen LogP contribution in [0, 0.1) is 0 Å². The zero-order valence-electron chi connectivity index (χ0n) is 6.41. The summed E-state index contributed by atoms with van der Waals surface area (Å²) in [7, 11) is 0. The molecule has 3 heteroatoms. The molecule has 59 valence electrons. The molecule has 0 aliphatic heterocycles. The number of rotatable bonds is 4. The summed E-state index contributed by atoms with van der Waals surface area (Å²) in [6, 6.07) is 1.74. The van der Waals surface area contributed by atoms with Crippen molar-refractivity contribution in [1.82, 2.24) is 0 Å². The zero-order chi connectivity index (χ0) is 8.10. The van der Waals surface area contributed by atoms with E-state index in [-0.39, 0.29) is 0 Å². The largest absolute Gasteiger partial charge is 0.470 e. The second-order valence-corrected chi connectivity index (χ2v) is 2.22. The van der Waals surface area contributed by atoms with Gasteiger partial charge in [-0.25, -0.2) is 0 Å². The van der Waals surface area contributed by atoms with Crippen molar-refractivity contribution in [3.8, 4) is 0 Å². The SMILES string of the molecule is CCCN([C]=O)c1ccoc1. The zero-order valence-corrected chi connectivity index (χ0v) is 6.41. The fourth-order valence-corrected chi connectivity index (χ4v) is 0.862. The Morgan fingerprint density at radius 1 is 1.73 bits per heavy atom. The maximum absolute atomic E-state index is 10.4. The van der Waals surface area contributed by atoms with E-state index >= 15 is 0 Å². The molecular weight excluding hydrogens is 142 g/mol. The van der Waals surface area contributed by atoms with Gasteiger partial charge in [-0.2, -0.15) is 0 Å². The fraction of sp³-hybridized carbons (Fsp3) is 0.375. The van der Waals surface area contributed by atoms with Crippen molar-refractivity contribution in [3.05, 3.63) is 18.6 Å². The van der Waals surface area contributed by atoms with Crippen molar-refractivity contribution in [2.75, 3.05) is 11.4 Å². The van der Waals surface area contributed by atoms with Crippen LogP contribution in [0.15, 0.2) is 23.0 Å². The highest BCUT2D eigenvalue weighted by atomic mass is 16.3. The van der Waals surface area contributed by atoms with E-state index in [9.17, 15) is 4.79 Å². The molecule has 1 aromatic rings. The van der Waals surface area contributed by atoms with E-state index in [0.29, 0.717) is 6.54 Å². The first-order valence-corrected chi connectivity index (χ1v) is 3.56. The standard InChI is InChI=1S/C8H10NO2/c1-2-4-9(7-10)8-3-5-11-6-8/h3,5-6H,2,4H2,1H3. The van der Waals surface area contributed by atoms with Gasteiger partial charge in [0.25, 0.3) is 0 Å². The highest BCUT2D eigenvalue weighted by molar-refractivity contribution is 5.74. The van der Waals surface area contributed by atoms with Crippen molar-refractivity contribution in [2.45, 2.75) is 13.3 Å². The van der Waals surface area contributed by atoms with Crippen molar-refractivity contribution in [1.29, 1.82) is 0 Å². The Labute approximate surface area is 65.6 Å². The third-order valence-electron chi connectivity index (χ3n) is 1.38. The molecule has 1 aromatic heterocycles. The Balaban J connectivity index is 2.63. The lowest BCUT2D eigenvalue weighted by molar-refractivity contribution is 0.548. The fourth-order valence-electron chi connectivity index (χ4n) is 0.862. The topological polar surface area (TPSA) is 33.5 Å². The van der Waals surface area contributed by atoms with E-state index in [0.717, 1.165) is 12.1 Å². The number of anilines is 1. The van der Waals surface area contributed by atoms with Crippen LogP contribution >= 0.6 is 0 Å². The van der Waals surface area contributed by atoms with Gasteiger partial charge in [-0.1, -0.05) is 6.92 Å². The van der Waals surface area contributed by atoms with E-state index in [2.05, 4.69) is 0 Å². The van der Waals surface area contributed by atoms with Crippen LogP contribution in [0.4, 0.5) is 5.69 Å². The van der Waals surface area contributed by atoms with Gasteiger partial charge in [-0.15, -0.1) is 0 Å². The lowest BCUT2D eigenvalue weighted by Crippen LogP contribution is -2.20. The minimum atomic E-state index is 0.684. The van der Waals surface area contributed by atoms with Crippen LogP contribution in [-0.4, -0.2) is 13.0 Å². The smallest absolute Gasteiger partial charge is 0.316 e. The Bertz CT molecular complexity index is 206. The molecule has 0 N–H and O–H groups in total. The molecule has 0 fully saturated rings. The first-order chi connectivity index (χ1) is 5.38. The van der Waals surface area contributed by atoms with Crippen LogP contribution in [0.1, 0.15) is 13.3 Å². The molecule has 1 heterocycles. The third-order valence-corrected chi connectivity index (χ3v) is 1.38. The molecule has 1 amide bonds. The van der Waals surface area contributed by atoms with Gasteiger partial charge in [-0.05, 0) is 6.42 Å². The number of hydrogen-bond acceptors (Lipinski definition) is 2. The maximum Gasteiger partial charge on any atom is 0.316 e. The van der Waals surface area contributed by atoms with Crippen LogP contribution in [0.25, 0.3) is 0 Å². The molecule has 0 aliphatic carbocycles. The molecule has 3 nitrogen and oxygen atoms in total. The minimum absolute atomic E-state index is 0.684. The molecule has 0 aromatic carbocycles. The number of nitrogens with zero attached hydrogens (tertiary/aromatic N) is 1. The summed E-state index contributed by atoms with van der Waals surface area (Å²) in [6.45, 7) is 2.69. The molecule has 0 saturated heterocycles. The Hall–Kier alpha value is -1.25. The minimum Gasteiger partial charge on any atom is -0.470 e. The van der Waals surface area contributed by atoms with Crippen molar-refractivity contribution in [3.63, 3.8) is 0 Å². The van der Waals surface area contributed by atoms with E-state index in [1.807, 2.05) is 13.3 Å². The van der Waals surface area contributed by atoms with Gasteiger partial charge >= 0.3 is 6.41 Å². The number of hydrogen-bond donors (Lipinski definition) is 0. The Morgan fingerprint density at radius 2 is 2.55 bits per heavy atom. The molecule has 11 heavy (non-hydrogen) atoms. The average Bonchev–Trinajstić information content (AvgIpc) is 2.52. The first-order valence-electron chi connectivity index (χ1n) is 3.56. The normalized spacial score (nSPS) is 9.55. The lowest BCUT2D eigenvalue weighted by atomic mass is 10.4. The first kappa shape index (κ1) is 7.85. The second kappa shape index (κ2) is 3.81. The molecule has 0 saturated carbocycles. The van der Waals surface area contributed by atoms with E-state index in [1.165, 1.54) is 17.4 Å². The summed E-state index contributed by atoms with van der Waals surface area (Å²) in [5.74, 6) is 0. The molecule has 0 spiro atoms. The van der Waals surface area contributed by atoms with Gasteiger partial charge in [-0.3, -0.25) is 4.79 Å². The summed E-state index contributed by atoms with van der Waals surface area (Å²) in [5, 5.41) is 0. The van der Waals surface area contributed by atoms with Gasteiger partial charge in [0, 0.05) is 12.6 Å².